The molecule has 0 saturated carbocycles. The minimum Gasteiger partial charge on any atom is -0.360 e. The number of hydrogen-bond donors (Lipinski definition) is 2. The van der Waals surface area contributed by atoms with Gasteiger partial charge in [0, 0.05) is 31.0 Å². The van der Waals surface area contributed by atoms with Crippen molar-refractivity contribution < 1.29 is 14.5 Å². The van der Waals surface area contributed by atoms with Crippen LogP contribution < -0.4 is 15.1 Å². The maximum atomic E-state index is 12.3. The first kappa shape index (κ1) is 18.9. The number of carbonyl (C=O) groups excluding carboxylic acids is 2. The lowest BCUT2D eigenvalue weighted by Gasteiger charge is -2.33. The molecule has 6 heteroatoms. The van der Waals surface area contributed by atoms with Gasteiger partial charge in [-0.25, -0.2) is 0 Å². The fourth-order valence-corrected chi connectivity index (χ4v) is 3.28. The maximum Gasteiger partial charge on any atom is 0.279 e. The van der Waals surface area contributed by atoms with Gasteiger partial charge >= 0.3 is 0 Å². The molecule has 0 unspecified atom stereocenters. The summed E-state index contributed by atoms with van der Waals surface area (Å²) in [6.07, 6.45) is 0. The van der Waals surface area contributed by atoms with Crippen molar-refractivity contribution in [3.63, 3.8) is 0 Å². The molecular formula is C21H27N4O2+. The summed E-state index contributed by atoms with van der Waals surface area (Å²) in [4.78, 5) is 29.4. The van der Waals surface area contributed by atoms with Gasteiger partial charge in [-0.1, -0.05) is 18.2 Å². The van der Waals surface area contributed by atoms with Gasteiger partial charge in [-0.15, -0.1) is 0 Å². The van der Waals surface area contributed by atoms with E-state index in [0.717, 1.165) is 31.9 Å². The minimum absolute atomic E-state index is 0.00449. The Morgan fingerprint density at radius 2 is 1.63 bits per heavy atom. The molecule has 2 aromatic rings. The van der Waals surface area contributed by atoms with E-state index in [1.807, 2.05) is 6.07 Å². The Kier molecular flexibility index (Phi) is 6.08. The number of quaternary nitrogens is 1. The van der Waals surface area contributed by atoms with Crippen molar-refractivity contribution in [2.45, 2.75) is 0 Å². The van der Waals surface area contributed by atoms with Crippen LogP contribution in [0.15, 0.2) is 54.6 Å². The number of carbonyl (C=O) groups is 2. The highest BCUT2D eigenvalue weighted by atomic mass is 16.2. The molecule has 142 valence electrons. The van der Waals surface area contributed by atoms with Crippen LogP contribution in [0.4, 0.5) is 11.4 Å². The van der Waals surface area contributed by atoms with Crippen molar-refractivity contribution in [3.05, 3.63) is 60.2 Å². The maximum absolute atomic E-state index is 12.3. The largest absolute Gasteiger partial charge is 0.360 e. The van der Waals surface area contributed by atoms with Gasteiger partial charge in [0.2, 0.25) is 0 Å². The molecule has 1 aliphatic heterocycles. The van der Waals surface area contributed by atoms with Crippen LogP contribution in [0.2, 0.25) is 0 Å². The van der Waals surface area contributed by atoms with Crippen molar-refractivity contribution in [2.24, 2.45) is 0 Å². The van der Waals surface area contributed by atoms with Crippen LogP contribution in [-0.2, 0) is 4.79 Å². The number of piperazine rings is 1. The first-order valence-corrected chi connectivity index (χ1v) is 9.28. The topological polar surface area (TPSA) is 57.1 Å². The van der Waals surface area contributed by atoms with Gasteiger partial charge in [-0.05, 0) is 36.4 Å². The Morgan fingerprint density at radius 1 is 1.00 bits per heavy atom. The lowest BCUT2D eigenvalue weighted by Crippen LogP contribution is -3.15. The van der Waals surface area contributed by atoms with Crippen molar-refractivity contribution in [1.29, 1.82) is 0 Å². The van der Waals surface area contributed by atoms with Gasteiger partial charge < -0.3 is 20.0 Å². The molecule has 1 heterocycles. The summed E-state index contributed by atoms with van der Waals surface area (Å²) in [6, 6.07) is 17.4. The minimum atomic E-state index is -0.0476. The molecule has 1 saturated heterocycles. The third-order valence-corrected chi connectivity index (χ3v) is 4.82. The fourth-order valence-electron chi connectivity index (χ4n) is 3.28. The molecule has 0 atom stereocenters. The molecule has 1 fully saturated rings. The number of hydrogen-bond acceptors (Lipinski definition) is 3. The second-order valence-electron chi connectivity index (χ2n) is 7.07. The normalized spacial score (nSPS) is 14.7. The third kappa shape index (κ3) is 5.08. The molecule has 0 aromatic heterocycles. The number of nitrogens with zero attached hydrogens (tertiary/aromatic N) is 2. The summed E-state index contributed by atoms with van der Waals surface area (Å²) >= 11 is 0. The summed E-state index contributed by atoms with van der Waals surface area (Å²) in [5.41, 5.74) is 2.58. The number of amides is 2. The predicted molar refractivity (Wildman–Crippen MR) is 107 cm³/mol. The quantitative estimate of drug-likeness (QED) is 0.819. The van der Waals surface area contributed by atoms with E-state index < -0.39 is 0 Å². The van der Waals surface area contributed by atoms with Gasteiger partial charge in [0.15, 0.2) is 6.54 Å². The zero-order chi connectivity index (χ0) is 19.2. The SMILES string of the molecule is CN(C)C(=O)c1ccc(NC(=O)C[NH+]2CCN(c3ccccc3)CC2)cc1. The van der Waals surface area contributed by atoms with Crippen molar-refractivity contribution in [3.8, 4) is 0 Å². The molecule has 6 nitrogen and oxygen atoms in total. The smallest absolute Gasteiger partial charge is 0.279 e. The van der Waals surface area contributed by atoms with Gasteiger partial charge in [0.25, 0.3) is 11.8 Å². The molecule has 0 radical (unpaired) electrons. The van der Waals surface area contributed by atoms with Crippen LogP contribution in [0.3, 0.4) is 0 Å². The summed E-state index contributed by atoms with van der Waals surface area (Å²) in [6.45, 7) is 4.25. The van der Waals surface area contributed by atoms with Crippen molar-refractivity contribution >= 4 is 23.2 Å². The first-order chi connectivity index (χ1) is 13.0. The Morgan fingerprint density at radius 3 is 2.22 bits per heavy atom. The molecular weight excluding hydrogens is 340 g/mol. The van der Waals surface area contributed by atoms with E-state index in [1.165, 1.54) is 15.5 Å². The monoisotopic (exact) mass is 367 g/mol. The van der Waals surface area contributed by atoms with E-state index in [4.69, 9.17) is 0 Å². The average molecular weight is 367 g/mol. The molecule has 2 N–H and O–H groups in total. The number of rotatable bonds is 5. The standard InChI is InChI=1S/C21H26N4O2/c1-23(2)21(27)17-8-10-18(11-9-17)22-20(26)16-24-12-14-25(15-13-24)19-6-4-3-5-7-19/h3-11H,12-16H2,1-2H3,(H,22,26)/p+1. The molecule has 27 heavy (non-hydrogen) atoms. The Labute approximate surface area is 160 Å². The van der Waals surface area contributed by atoms with Crippen LogP contribution >= 0.6 is 0 Å². The van der Waals surface area contributed by atoms with E-state index in [2.05, 4.69) is 34.5 Å². The summed E-state index contributed by atoms with van der Waals surface area (Å²) in [5.74, 6) is -0.0431. The fraction of sp³-hybridized carbons (Fsp3) is 0.333. The first-order valence-electron chi connectivity index (χ1n) is 9.28. The van der Waals surface area contributed by atoms with E-state index in [-0.39, 0.29) is 11.8 Å². The van der Waals surface area contributed by atoms with Crippen LogP contribution in [-0.4, -0.2) is 63.5 Å². The highest BCUT2D eigenvalue weighted by Crippen LogP contribution is 2.13. The number of nitrogens with one attached hydrogen (secondary N) is 2. The van der Waals surface area contributed by atoms with Gasteiger partial charge in [-0.2, -0.15) is 0 Å². The number of anilines is 2. The van der Waals surface area contributed by atoms with Crippen LogP contribution in [0.5, 0.6) is 0 Å². The molecule has 2 amide bonds. The van der Waals surface area contributed by atoms with Crippen LogP contribution in [0, 0.1) is 0 Å². The summed E-state index contributed by atoms with van der Waals surface area (Å²) in [5, 5.41) is 2.93. The molecule has 2 aromatic carbocycles. The zero-order valence-corrected chi connectivity index (χ0v) is 15.9. The van der Waals surface area contributed by atoms with E-state index in [0.29, 0.717) is 12.1 Å². The number of benzene rings is 2. The van der Waals surface area contributed by atoms with Gasteiger partial charge in [0.05, 0.1) is 26.2 Å². The van der Waals surface area contributed by atoms with Crippen LogP contribution in [0.25, 0.3) is 0 Å². The molecule has 0 aliphatic carbocycles. The van der Waals surface area contributed by atoms with Gasteiger partial charge in [-0.3, -0.25) is 9.59 Å². The predicted octanol–water partition coefficient (Wildman–Crippen LogP) is 0.732. The molecule has 3 rings (SSSR count). The summed E-state index contributed by atoms with van der Waals surface area (Å²) in [7, 11) is 3.44. The summed E-state index contributed by atoms with van der Waals surface area (Å²) < 4.78 is 0. The Hall–Kier alpha value is -2.86. The van der Waals surface area contributed by atoms with Gasteiger partial charge in [0.1, 0.15) is 0 Å². The van der Waals surface area contributed by atoms with E-state index >= 15 is 0 Å². The van der Waals surface area contributed by atoms with Crippen molar-refractivity contribution in [1.82, 2.24) is 4.90 Å². The Balaban J connectivity index is 1.47. The van der Waals surface area contributed by atoms with Crippen LogP contribution in [0.1, 0.15) is 10.4 Å². The molecule has 1 aliphatic rings. The second-order valence-corrected chi connectivity index (χ2v) is 7.07. The lowest BCUT2D eigenvalue weighted by molar-refractivity contribution is -0.892. The second kappa shape index (κ2) is 8.68. The van der Waals surface area contributed by atoms with E-state index in [1.54, 1.807) is 38.4 Å². The molecule has 0 spiro atoms. The average Bonchev–Trinajstić information content (AvgIpc) is 2.69. The number of para-hydroxylation sites is 1. The highest BCUT2D eigenvalue weighted by molar-refractivity contribution is 5.95. The van der Waals surface area contributed by atoms with E-state index in [9.17, 15) is 9.59 Å². The lowest BCUT2D eigenvalue weighted by atomic mass is 10.2. The Bertz CT molecular complexity index is 767. The third-order valence-electron chi connectivity index (χ3n) is 4.82. The molecule has 0 bridgehead atoms. The van der Waals surface area contributed by atoms with Crippen molar-refractivity contribution in [2.75, 3.05) is 57.0 Å². The highest BCUT2D eigenvalue weighted by Gasteiger charge is 2.22. The zero-order valence-electron chi connectivity index (χ0n) is 15.9.